The maximum absolute atomic E-state index is 13.5. The molecule has 0 radical (unpaired) electrons. The molecule has 0 fully saturated rings. The average Bonchev–Trinajstić information content (AvgIpc) is 3.23. The number of imidazole rings is 1. The minimum atomic E-state index is -0.925. The van der Waals surface area contributed by atoms with Crippen molar-refractivity contribution in [3.8, 4) is 11.3 Å². The van der Waals surface area contributed by atoms with Crippen molar-refractivity contribution < 1.29 is 18.0 Å². The molecule has 0 bridgehead atoms. The summed E-state index contributed by atoms with van der Waals surface area (Å²) < 4.78 is 42.1. The summed E-state index contributed by atoms with van der Waals surface area (Å²) in [4.78, 5) is 19.5. The zero-order valence-electron chi connectivity index (χ0n) is 19.1. The van der Waals surface area contributed by atoms with Crippen molar-refractivity contribution in [2.45, 2.75) is 19.1 Å². The maximum atomic E-state index is 13.5. The number of anilines is 2. The van der Waals surface area contributed by atoms with Crippen LogP contribution >= 0.6 is 13.5 Å². The molecule has 3 N–H and O–H groups in total. The Hall–Kier alpha value is -3.76. The first-order valence-electron chi connectivity index (χ1n) is 11.1. The van der Waals surface area contributed by atoms with Crippen molar-refractivity contribution >= 4 is 30.9 Å². The van der Waals surface area contributed by atoms with Gasteiger partial charge in [0.15, 0.2) is 0 Å². The van der Waals surface area contributed by atoms with Crippen LogP contribution in [0.3, 0.4) is 0 Å². The smallest absolute Gasteiger partial charge is 0.244 e. The summed E-state index contributed by atoms with van der Waals surface area (Å²) in [6.45, 7) is 1.04. The van der Waals surface area contributed by atoms with Crippen LogP contribution in [-0.4, -0.2) is 26.9 Å². The van der Waals surface area contributed by atoms with Gasteiger partial charge in [-0.3, -0.25) is 4.79 Å². The van der Waals surface area contributed by atoms with Crippen LogP contribution in [0.4, 0.5) is 24.7 Å². The lowest BCUT2D eigenvalue weighted by atomic mass is 10.1. The fraction of sp³-hybridized carbons (Fsp3) is 0.154. The lowest BCUT2D eigenvalue weighted by Gasteiger charge is -2.30. The fourth-order valence-corrected chi connectivity index (χ4v) is 4.13. The number of benzene rings is 3. The predicted octanol–water partition coefficient (Wildman–Crippen LogP) is 4.87. The zero-order valence-corrected chi connectivity index (χ0v) is 20.1. The van der Waals surface area contributed by atoms with Crippen molar-refractivity contribution in [2.24, 2.45) is 5.73 Å². The Morgan fingerprint density at radius 3 is 2.03 bits per heavy atom. The van der Waals surface area contributed by atoms with Gasteiger partial charge in [0.2, 0.25) is 5.91 Å². The number of amides is 1. The number of rotatable bonds is 5. The number of halogens is 3. The van der Waals surface area contributed by atoms with Gasteiger partial charge in [0.1, 0.15) is 40.8 Å². The third-order valence-electron chi connectivity index (χ3n) is 6.00. The second kappa shape index (κ2) is 10.5. The Morgan fingerprint density at radius 1 is 0.861 bits per heavy atom. The van der Waals surface area contributed by atoms with Crippen molar-refractivity contribution in [2.75, 3.05) is 11.9 Å². The number of nitrogens with zero attached hydrogens (tertiary/aromatic N) is 3. The van der Waals surface area contributed by atoms with Crippen LogP contribution in [0.2, 0.25) is 0 Å². The number of nitrogens with one attached hydrogen (secondary N) is 1. The lowest BCUT2D eigenvalue weighted by Crippen LogP contribution is -2.43. The van der Waals surface area contributed by atoms with Gasteiger partial charge in [-0.2, -0.15) is 13.5 Å². The van der Waals surface area contributed by atoms with Crippen LogP contribution in [0.1, 0.15) is 17.4 Å². The number of nitrogens with two attached hydrogens (primary N) is 1. The SMILES string of the molecule is N[C@H](C(=O)N1CCn2c(nc(-c3ccc(F)cc3)c2Nc2ccc(F)cc2)C1)c1ccc(F)cc1.S. The highest BCUT2D eigenvalue weighted by molar-refractivity contribution is 7.59. The number of hydrogen-bond acceptors (Lipinski definition) is 4. The number of hydrogen-bond donors (Lipinski definition) is 2. The normalized spacial score (nSPS) is 13.5. The van der Waals surface area contributed by atoms with Crippen LogP contribution in [0.15, 0.2) is 72.8 Å². The molecule has 0 aliphatic carbocycles. The standard InChI is InChI=1S/C26H22F3N5O.H2S/c27-18-5-1-16(2-6-18)23(30)26(35)33-13-14-34-22(15-33)32-24(17-3-7-19(28)8-4-17)25(34)31-21-11-9-20(29)10-12-21;/h1-12,23,31H,13-15,30H2;1H2/t23-;/m0./s1. The molecule has 0 unspecified atom stereocenters. The van der Waals surface area contributed by atoms with Crippen molar-refractivity contribution in [1.29, 1.82) is 0 Å². The first kappa shape index (κ1) is 25.3. The Balaban J connectivity index is 0.00000304. The molecule has 1 aromatic heterocycles. The first-order valence-corrected chi connectivity index (χ1v) is 11.1. The van der Waals surface area contributed by atoms with Crippen LogP contribution in [0.5, 0.6) is 0 Å². The summed E-state index contributed by atoms with van der Waals surface area (Å²) in [5.74, 6) is -0.119. The highest BCUT2D eigenvalue weighted by atomic mass is 32.1. The molecule has 1 atom stereocenters. The van der Waals surface area contributed by atoms with Gasteiger partial charge in [-0.05, 0) is 66.2 Å². The molecule has 6 nitrogen and oxygen atoms in total. The maximum Gasteiger partial charge on any atom is 0.244 e. The summed E-state index contributed by atoms with van der Waals surface area (Å²) >= 11 is 0. The van der Waals surface area contributed by atoms with Gasteiger partial charge in [-0.15, -0.1) is 0 Å². The van der Waals surface area contributed by atoms with Crippen LogP contribution in [0.25, 0.3) is 11.3 Å². The topological polar surface area (TPSA) is 76.2 Å². The van der Waals surface area contributed by atoms with E-state index in [1.807, 2.05) is 4.57 Å². The van der Waals surface area contributed by atoms with Crippen LogP contribution in [-0.2, 0) is 17.9 Å². The third kappa shape index (κ3) is 5.09. The average molecular weight is 512 g/mol. The molecule has 3 aromatic carbocycles. The molecule has 5 rings (SSSR count). The van der Waals surface area contributed by atoms with E-state index in [4.69, 9.17) is 10.7 Å². The predicted molar refractivity (Wildman–Crippen MR) is 136 cm³/mol. The molecule has 1 aliphatic rings. The molecule has 2 heterocycles. The zero-order chi connectivity index (χ0) is 24.5. The molecule has 1 aliphatic heterocycles. The summed E-state index contributed by atoms with van der Waals surface area (Å²) in [5, 5.41) is 3.30. The van der Waals surface area contributed by atoms with Crippen molar-refractivity contribution in [3.63, 3.8) is 0 Å². The number of carbonyl (C=O) groups is 1. The number of carbonyl (C=O) groups excluding carboxylic acids is 1. The second-order valence-electron chi connectivity index (χ2n) is 8.30. The minimum absolute atomic E-state index is 0. The quantitative estimate of drug-likeness (QED) is 0.401. The van der Waals surface area contributed by atoms with Crippen molar-refractivity contribution in [1.82, 2.24) is 14.5 Å². The van der Waals surface area contributed by atoms with E-state index in [0.717, 1.165) is 0 Å². The highest BCUT2D eigenvalue weighted by Crippen LogP contribution is 2.33. The van der Waals surface area contributed by atoms with Gasteiger partial charge in [0.05, 0.1) is 6.54 Å². The minimum Gasteiger partial charge on any atom is -0.340 e. The molecule has 10 heteroatoms. The molecule has 186 valence electrons. The van der Waals surface area contributed by atoms with E-state index in [-0.39, 0.29) is 37.6 Å². The fourth-order valence-electron chi connectivity index (χ4n) is 4.13. The Labute approximate surface area is 213 Å². The third-order valence-corrected chi connectivity index (χ3v) is 6.00. The van der Waals surface area contributed by atoms with Gasteiger partial charge in [-0.25, -0.2) is 18.2 Å². The van der Waals surface area contributed by atoms with Crippen LogP contribution in [0, 0.1) is 17.5 Å². The molecule has 36 heavy (non-hydrogen) atoms. The molecule has 1 amide bonds. The monoisotopic (exact) mass is 511 g/mol. The Morgan fingerprint density at radius 2 is 1.42 bits per heavy atom. The van der Waals surface area contributed by atoms with Gasteiger partial charge in [-0.1, -0.05) is 12.1 Å². The highest BCUT2D eigenvalue weighted by Gasteiger charge is 2.30. The number of aromatic nitrogens is 2. The summed E-state index contributed by atoms with van der Waals surface area (Å²) in [7, 11) is 0. The van der Waals surface area contributed by atoms with Gasteiger partial charge in [0.25, 0.3) is 0 Å². The Kier molecular flexibility index (Phi) is 7.37. The molecular weight excluding hydrogens is 487 g/mol. The van der Waals surface area contributed by atoms with E-state index in [9.17, 15) is 18.0 Å². The molecule has 0 saturated carbocycles. The van der Waals surface area contributed by atoms with E-state index in [1.54, 1.807) is 29.2 Å². The number of fused-ring (bicyclic) bond motifs is 1. The lowest BCUT2D eigenvalue weighted by molar-refractivity contribution is -0.134. The van der Waals surface area contributed by atoms with E-state index >= 15 is 0 Å². The van der Waals surface area contributed by atoms with Gasteiger partial charge in [0, 0.05) is 24.3 Å². The van der Waals surface area contributed by atoms with E-state index in [2.05, 4.69) is 5.32 Å². The van der Waals surface area contributed by atoms with Crippen molar-refractivity contribution in [3.05, 3.63) is 102 Å². The van der Waals surface area contributed by atoms with Gasteiger partial charge < -0.3 is 20.5 Å². The molecule has 0 spiro atoms. The second-order valence-corrected chi connectivity index (χ2v) is 8.30. The summed E-state index contributed by atoms with van der Waals surface area (Å²) in [6.07, 6.45) is 0. The van der Waals surface area contributed by atoms with Crippen LogP contribution < -0.4 is 11.1 Å². The van der Waals surface area contributed by atoms with E-state index < -0.39 is 11.9 Å². The van der Waals surface area contributed by atoms with E-state index in [0.29, 0.717) is 47.2 Å². The first-order chi connectivity index (χ1) is 16.9. The Bertz CT molecular complexity index is 1360. The molecular formula is C26H24F3N5OS. The van der Waals surface area contributed by atoms with Gasteiger partial charge >= 0.3 is 0 Å². The summed E-state index contributed by atoms with van der Waals surface area (Å²) in [5.41, 5.74) is 8.64. The molecule has 4 aromatic rings. The summed E-state index contributed by atoms with van der Waals surface area (Å²) in [6, 6.07) is 16.5. The molecule has 0 saturated heterocycles. The van der Waals surface area contributed by atoms with E-state index in [1.165, 1.54) is 48.5 Å². The largest absolute Gasteiger partial charge is 0.340 e.